The largest absolute Gasteiger partial charge is 0.490 e. The first-order valence-electron chi connectivity index (χ1n) is 11.6. The van der Waals surface area contributed by atoms with Crippen molar-refractivity contribution >= 4 is 6.47 Å². The van der Waals surface area contributed by atoms with E-state index in [1.54, 1.807) is 0 Å². The SMILES string of the molecule is O=CO.OCC[C@H]1CN2C[C@@H](n3ccnc3-c3ccccc3OC3CCCC3)C[C@H]2CO1. The molecule has 1 aromatic carbocycles. The zero-order chi connectivity index (χ0) is 22.3. The van der Waals surface area contributed by atoms with Crippen LogP contribution in [0.2, 0.25) is 0 Å². The molecule has 0 amide bonds. The Hall–Kier alpha value is -2.42. The first-order valence-corrected chi connectivity index (χ1v) is 11.6. The fourth-order valence-electron chi connectivity index (χ4n) is 5.19. The second kappa shape index (κ2) is 10.9. The smallest absolute Gasteiger partial charge is 0.290 e. The third kappa shape index (κ3) is 5.14. The lowest BCUT2D eigenvalue weighted by Crippen LogP contribution is -2.46. The molecule has 2 aliphatic heterocycles. The minimum Gasteiger partial charge on any atom is -0.490 e. The molecule has 3 aliphatic rings. The van der Waals surface area contributed by atoms with Gasteiger partial charge >= 0.3 is 0 Å². The molecule has 32 heavy (non-hydrogen) atoms. The van der Waals surface area contributed by atoms with E-state index in [4.69, 9.17) is 24.4 Å². The summed E-state index contributed by atoms with van der Waals surface area (Å²) in [6, 6.07) is 9.17. The summed E-state index contributed by atoms with van der Waals surface area (Å²) in [7, 11) is 0. The van der Waals surface area contributed by atoms with Gasteiger partial charge < -0.3 is 24.3 Å². The number of fused-ring (bicyclic) bond motifs is 1. The van der Waals surface area contributed by atoms with E-state index in [0.29, 0.717) is 18.2 Å². The van der Waals surface area contributed by atoms with Gasteiger partial charge in [0.15, 0.2) is 0 Å². The number of aliphatic hydroxyl groups is 1. The van der Waals surface area contributed by atoms with Crippen LogP contribution in [0.1, 0.15) is 44.6 Å². The molecule has 0 radical (unpaired) electrons. The Morgan fingerprint density at radius 1 is 1.19 bits per heavy atom. The van der Waals surface area contributed by atoms with E-state index in [1.165, 1.54) is 12.8 Å². The fourth-order valence-corrected chi connectivity index (χ4v) is 5.19. The monoisotopic (exact) mass is 443 g/mol. The Morgan fingerprint density at radius 2 is 1.97 bits per heavy atom. The highest BCUT2D eigenvalue weighted by atomic mass is 16.5. The van der Waals surface area contributed by atoms with Gasteiger partial charge in [-0.25, -0.2) is 4.98 Å². The number of hydrogen-bond acceptors (Lipinski definition) is 6. The number of rotatable bonds is 6. The summed E-state index contributed by atoms with van der Waals surface area (Å²) in [5.41, 5.74) is 1.09. The molecule has 2 aromatic rings. The average Bonchev–Trinajstić information content (AvgIpc) is 3.55. The molecule has 8 nitrogen and oxygen atoms in total. The molecule has 8 heteroatoms. The number of aromatic nitrogens is 2. The number of carbonyl (C=O) groups is 1. The van der Waals surface area contributed by atoms with E-state index in [9.17, 15) is 5.11 Å². The number of ether oxygens (including phenoxy) is 2. The predicted octanol–water partition coefficient (Wildman–Crippen LogP) is 2.97. The highest BCUT2D eigenvalue weighted by molar-refractivity contribution is 5.64. The summed E-state index contributed by atoms with van der Waals surface area (Å²) in [5, 5.41) is 16.1. The van der Waals surface area contributed by atoms with Gasteiger partial charge in [-0.2, -0.15) is 0 Å². The summed E-state index contributed by atoms with van der Waals surface area (Å²) < 4.78 is 14.7. The maximum atomic E-state index is 9.23. The van der Waals surface area contributed by atoms with E-state index in [2.05, 4.69) is 39.9 Å². The maximum Gasteiger partial charge on any atom is 0.290 e. The first kappa shape index (κ1) is 22.8. The van der Waals surface area contributed by atoms with Gasteiger partial charge in [0.2, 0.25) is 0 Å². The van der Waals surface area contributed by atoms with Crippen LogP contribution in [0.15, 0.2) is 36.7 Å². The van der Waals surface area contributed by atoms with Crippen molar-refractivity contribution in [2.75, 3.05) is 26.3 Å². The van der Waals surface area contributed by atoms with Gasteiger partial charge in [0.05, 0.1) is 24.4 Å². The van der Waals surface area contributed by atoms with Gasteiger partial charge in [-0.3, -0.25) is 9.69 Å². The number of morpholine rings is 1. The molecule has 1 saturated carbocycles. The lowest BCUT2D eigenvalue weighted by Gasteiger charge is -2.34. The molecule has 0 bridgehead atoms. The molecule has 3 heterocycles. The van der Waals surface area contributed by atoms with Crippen LogP contribution in [0.3, 0.4) is 0 Å². The van der Waals surface area contributed by atoms with Crippen LogP contribution in [0.25, 0.3) is 11.4 Å². The van der Waals surface area contributed by atoms with Crippen molar-refractivity contribution in [1.29, 1.82) is 0 Å². The highest BCUT2D eigenvalue weighted by Crippen LogP contribution is 2.37. The number of benzene rings is 1. The van der Waals surface area contributed by atoms with E-state index < -0.39 is 0 Å². The molecule has 1 aromatic heterocycles. The molecule has 3 atom stereocenters. The van der Waals surface area contributed by atoms with Crippen molar-refractivity contribution in [3.63, 3.8) is 0 Å². The Morgan fingerprint density at radius 3 is 2.75 bits per heavy atom. The summed E-state index contributed by atoms with van der Waals surface area (Å²) >= 11 is 0. The van der Waals surface area contributed by atoms with Crippen LogP contribution in [-0.2, 0) is 9.53 Å². The van der Waals surface area contributed by atoms with Gasteiger partial charge in [0, 0.05) is 44.2 Å². The van der Waals surface area contributed by atoms with Crippen LogP contribution >= 0.6 is 0 Å². The number of hydrogen-bond donors (Lipinski definition) is 2. The molecule has 0 unspecified atom stereocenters. The molecule has 2 N–H and O–H groups in total. The van der Waals surface area contributed by atoms with E-state index >= 15 is 0 Å². The third-order valence-corrected chi connectivity index (χ3v) is 6.71. The molecular weight excluding hydrogens is 410 g/mol. The Kier molecular flexibility index (Phi) is 7.78. The normalized spacial score (nSPS) is 25.7. The summed E-state index contributed by atoms with van der Waals surface area (Å²) in [5.74, 6) is 1.95. The minimum absolute atomic E-state index is 0.151. The van der Waals surface area contributed by atoms with E-state index in [0.717, 1.165) is 62.5 Å². The summed E-state index contributed by atoms with van der Waals surface area (Å²) in [4.78, 5) is 15.6. The van der Waals surface area contributed by atoms with Crippen molar-refractivity contribution in [1.82, 2.24) is 14.5 Å². The van der Waals surface area contributed by atoms with Gasteiger partial charge in [0.1, 0.15) is 11.6 Å². The Balaban J connectivity index is 0.000000775. The predicted molar refractivity (Wildman–Crippen MR) is 120 cm³/mol. The molecule has 3 fully saturated rings. The van der Waals surface area contributed by atoms with Gasteiger partial charge in [-0.05, 0) is 50.7 Å². The van der Waals surface area contributed by atoms with Crippen molar-refractivity contribution in [3.05, 3.63) is 36.7 Å². The van der Waals surface area contributed by atoms with Crippen LogP contribution in [0, 0.1) is 0 Å². The van der Waals surface area contributed by atoms with E-state index in [-0.39, 0.29) is 19.2 Å². The highest BCUT2D eigenvalue weighted by Gasteiger charge is 2.38. The van der Waals surface area contributed by atoms with Gasteiger partial charge in [-0.15, -0.1) is 0 Å². The van der Waals surface area contributed by atoms with Crippen molar-refractivity contribution < 1.29 is 24.5 Å². The Bertz CT molecular complexity index is 867. The van der Waals surface area contributed by atoms with Crippen molar-refractivity contribution in [2.24, 2.45) is 0 Å². The number of aliphatic hydroxyl groups excluding tert-OH is 1. The molecule has 1 aliphatic carbocycles. The molecule has 2 saturated heterocycles. The fraction of sp³-hybridized carbons (Fsp3) is 0.583. The second-order valence-electron chi connectivity index (χ2n) is 8.75. The quantitative estimate of drug-likeness (QED) is 0.663. The third-order valence-electron chi connectivity index (χ3n) is 6.71. The zero-order valence-electron chi connectivity index (χ0n) is 18.4. The molecule has 0 spiro atoms. The summed E-state index contributed by atoms with van der Waals surface area (Å²) in [6.45, 7) is 2.61. The van der Waals surface area contributed by atoms with Crippen LogP contribution in [-0.4, -0.2) is 75.7 Å². The zero-order valence-corrected chi connectivity index (χ0v) is 18.4. The minimum atomic E-state index is -0.250. The number of para-hydroxylation sites is 1. The van der Waals surface area contributed by atoms with E-state index in [1.807, 2.05) is 6.20 Å². The summed E-state index contributed by atoms with van der Waals surface area (Å²) in [6.07, 6.45) is 11.1. The Labute approximate surface area is 188 Å². The van der Waals surface area contributed by atoms with Crippen LogP contribution < -0.4 is 4.74 Å². The standard InChI is InChI=1S/C23H31N3O3.CH2O2/c27-12-9-20-15-25-14-17(13-18(25)16-28-20)26-11-10-24-23(26)21-7-3-4-8-22(21)29-19-5-1-2-6-19;2-1-3/h3-4,7-8,10-11,17-20,27H,1-2,5-6,9,12-16H2;1H,(H,2,3)/t17-,18-,20-;/m0./s1. The molecule has 174 valence electrons. The molecule has 5 rings (SSSR count). The van der Waals surface area contributed by atoms with Crippen molar-refractivity contribution in [3.8, 4) is 17.1 Å². The van der Waals surface area contributed by atoms with Crippen molar-refractivity contribution in [2.45, 2.75) is 62.8 Å². The molecular formula is C24H33N3O5. The van der Waals surface area contributed by atoms with Gasteiger partial charge in [0.25, 0.3) is 6.47 Å². The van der Waals surface area contributed by atoms with Crippen LogP contribution in [0.4, 0.5) is 0 Å². The maximum absolute atomic E-state index is 9.23. The number of imidazole rings is 1. The average molecular weight is 444 g/mol. The number of carboxylic acid groups (broad SMARTS) is 1. The van der Waals surface area contributed by atoms with Crippen LogP contribution in [0.5, 0.6) is 5.75 Å². The number of nitrogens with zero attached hydrogens (tertiary/aromatic N) is 3. The lowest BCUT2D eigenvalue weighted by atomic mass is 10.1. The first-order chi connectivity index (χ1) is 15.7. The lowest BCUT2D eigenvalue weighted by molar-refractivity contribution is -0.122. The topological polar surface area (TPSA) is 97.1 Å². The van der Waals surface area contributed by atoms with Gasteiger partial charge in [-0.1, -0.05) is 12.1 Å². The second-order valence-corrected chi connectivity index (χ2v) is 8.75.